The van der Waals surface area contributed by atoms with E-state index in [0.29, 0.717) is 0 Å². The van der Waals surface area contributed by atoms with Gasteiger partial charge < -0.3 is 14.6 Å². The summed E-state index contributed by atoms with van der Waals surface area (Å²) in [5, 5.41) is 10.0. The van der Waals surface area contributed by atoms with Gasteiger partial charge >= 0.3 is 0 Å². The summed E-state index contributed by atoms with van der Waals surface area (Å²) in [6.45, 7) is 3.36. The molecule has 0 saturated carbocycles. The van der Waals surface area contributed by atoms with Gasteiger partial charge in [-0.05, 0) is 31.5 Å². The highest BCUT2D eigenvalue weighted by Crippen LogP contribution is 2.35. The zero-order valence-corrected chi connectivity index (χ0v) is 13.8. The molecule has 0 aromatic heterocycles. The number of methoxy groups -OCH3 is 1. The standard InChI is InChI=1S/C14H21FO6S/c1-9(2)21-13-8-10(7-11(15)14(13)19-3)12(16)5-6-20-22(4,17)18/h7-9,12,16H,5-6H2,1-4H3. The van der Waals surface area contributed by atoms with Gasteiger partial charge in [-0.1, -0.05) is 0 Å². The third kappa shape index (κ3) is 5.78. The van der Waals surface area contributed by atoms with Crippen LogP contribution < -0.4 is 9.47 Å². The smallest absolute Gasteiger partial charge is 0.264 e. The van der Waals surface area contributed by atoms with E-state index in [4.69, 9.17) is 9.47 Å². The summed E-state index contributed by atoms with van der Waals surface area (Å²) in [4.78, 5) is 0. The molecular weight excluding hydrogens is 315 g/mol. The second-order valence-electron chi connectivity index (χ2n) is 5.03. The van der Waals surface area contributed by atoms with Crippen molar-refractivity contribution in [2.75, 3.05) is 20.0 Å². The van der Waals surface area contributed by atoms with E-state index in [1.54, 1.807) is 13.8 Å². The number of rotatable bonds is 8. The van der Waals surface area contributed by atoms with E-state index >= 15 is 0 Å². The molecule has 0 heterocycles. The minimum Gasteiger partial charge on any atom is -0.490 e. The van der Waals surface area contributed by atoms with Crippen LogP contribution in [0.25, 0.3) is 0 Å². The zero-order valence-electron chi connectivity index (χ0n) is 13.0. The Bertz CT molecular complexity index is 600. The molecule has 6 nitrogen and oxygen atoms in total. The third-order valence-electron chi connectivity index (χ3n) is 2.67. The molecule has 1 N–H and O–H groups in total. The van der Waals surface area contributed by atoms with Gasteiger partial charge in [-0.15, -0.1) is 0 Å². The Morgan fingerprint density at radius 2 is 1.95 bits per heavy atom. The van der Waals surface area contributed by atoms with Crippen LogP contribution in [0.3, 0.4) is 0 Å². The van der Waals surface area contributed by atoms with Crippen molar-refractivity contribution in [2.24, 2.45) is 0 Å². The Balaban J connectivity index is 2.92. The van der Waals surface area contributed by atoms with Crippen LogP contribution in [0.4, 0.5) is 4.39 Å². The summed E-state index contributed by atoms with van der Waals surface area (Å²) in [6.07, 6.45) is -0.369. The predicted octanol–water partition coefficient (Wildman–Crippen LogP) is 2.02. The second-order valence-corrected chi connectivity index (χ2v) is 6.68. The van der Waals surface area contributed by atoms with E-state index in [9.17, 15) is 17.9 Å². The molecule has 0 fully saturated rings. The van der Waals surface area contributed by atoms with E-state index in [1.807, 2.05) is 0 Å². The fourth-order valence-electron chi connectivity index (χ4n) is 1.80. The molecule has 22 heavy (non-hydrogen) atoms. The largest absolute Gasteiger partial charge is 0.490 e. The number of benzene rings is 1. The van der Waals surface area contributed by atoms with Crippen molar-refractivity contribution < 1.29 is 31.6 Å². The van der Waals surface area contributed by atoms with Crippen molar-refractivity contribution in [3.05, 3.63) is 23.5 Å². The van der Waals surface area contributed by atoms with Crippen LogP contribution in [0.15, 0.2) is 12.1 Å². The first-order valence-electron chi connectivity index (χ1n) is 6.70. The lowest BCUT2D eigenvalue weighted by atomic mass is 10.1. The van der Waals surface area contributed by atoms with Gasteiger partial charge in [0.05, 0.1) is 32.2 Å². The first kappa shape index (κ1) is 18.7. The topological polar surface area (TPSA) is 82.1 Å². The molecule has 1 atom stereocenters. The van der Waals surface area contributed by atoms with Crippen LogP contribution in [-0.2, 0) is 14.3 Å². The van der Waals surface area contributed by atoms with Gasteiger partial charge in [-0.25, -0.2) is 4.39 Å². The van der Waals surface area contributed by atoms with Gasteiger partial charge in [0.1, 0.15) is 0 Å². The lowest BCUT2D eigenvalue weighted by Gasteiger charge is -2.17. The molecule has 1 aromatic rings. The van der Waals surface area contributed by atoms with Crippen molar-refractivity contribution >= 4 is 10.1 Å². The number of hydrogen-bond acceptors (Lipinski definition) is 6. The number of halogens is 1. The second kappa shape index (κ2) is 7.75. The summed E-state index contributed by atoms with van der Waals surface area (Å²) in [6, 6.07) is 2.59. The summed E-state index contributed by atoms with van der Waals surface area (Å²) in [7, 11) is -2.25. The van der Waals surface area contributed by atoms with Gasteiger partial charge in [0, 0.05) is 6.42 Å². The quantitative estimate of drug-likeness (QED) is 0.732. The Morgan fingerprint density at radius 1 is 1.32 bits per heavy atom. The average Bonchev–Trinajstić information content (AvgIpc) is 2.35. The minimum atomic E-state index is -3.57. The molecule has 126 valence electrons. The monoisotopic (exact) mass is 336 g/mol. The summed E-state index contributed by atoms with van der Waals surface area (Å²) in [5.74, 6) is -0.536. The zero-order chi connectivity index (χ0) is 16.9. The average molecular weight is 336 g/mol. The van der Waals surface area contributed by atoms with Gasteiger partial charge in [0.15, 0.2) is 17.3 Å². The highest BCUT2D eigenvalue weighted by Gasteiger charge is 2.18. The molecule has 0 bridgehead atoms. The number of aliphatic hydroxyl groups excluding tert-OH is 1. The van der Waals surface area contributed by atoms with E-state index in [0.717, 1.165) is 12.3 Å². The van der Waals surface area contributed by atoms with Crippen LogP contribution in [0.5, 0.6) is 11.5 Å². The van der Waals surface area contributed by atoms with Crippen molar-refractivity contribution in [2.45, 2.75) is 32.5 Å². The maximum atomic E-state index is 14.0. The van der Waals surface area contributed by atoms with E-state index in [-0.39, 0.29) is 36.2 Å². The minimum absolute atomic E-state index is 0.0000423. The molecule has 0 aliphatic carbocycles. The Kier molecular flexibility index (Phi) is 6.58. The normalized spacial score (nSPS) is 13.2. The molecular formula is C14H21FO6S. The maximum absolute atomic E-state index is 14.0. The lowest BCUT2D eigenvalue weighted by molar-refractivity contribution is 0.141. The summed E-state index contributed by atoms with van der Waals surface area (Å²) < 4.78 is 50.7. The van der Waals surface area contributed by atoms with Crippen LogP contribution in [-0.4, -0.2) is 39.6 Å². The van der Waals surface area contributed by atoms with Gasteiger partial charge in [-0.2, -0.15) is 8.42 Å². The maximum Gasteiger partial charge on any atom is 0.264 e. The van der Waals surface area contributed by atoms with Crippen molar-refractivity contribution in [3.8, 4) is 11.5 Å². The van der Waals surface area contributed by atoms with Gasteiger partial charge in [-0.3, -0.25) is 4.18 Å². The van der Waals surface area contributed by atoms with Crippen LogP contribution in [0.2, 0.25) is 0 Å². The fraction of sp³-hybridized carbons (Fsp3) is 0.571. The Hall–Kier alpha value is -1.38. The van der Waals surface area contributed by atoms with Crippen LogP contribution in [0.1, 0.15) is 31.9 Å². The molecule has 1 unspecified atom stereocenters. The number of hydrogen-bond donors (Lipinski definition) is 1. The van der Waals surface area contributed by atoms with Crippen molar-refractivity contribution in [1.29, 1.82) is 0 Å². The molecule has 8 heteroatoms. The SMILES string of the molecule is COc1c(F)cc(C(O)CCOS(C)(=O)=O)cc1OC(C)C. The van der Waals surface area contributed by atoms with Crippen LogP contribution >= 0.6 is 0 Å². The highest BCUT2D eigenvalue weighted by molar-refractivity contribution is 7.85. The Labute approximate surface area is 129 Å². The predicted molar refractivity (Wildman–Crippen MR) is 79.1 cm³/mol. The summed E-state index contributed by atoms with van der Waals surface area (Å²) in [5.41, 5.74) is 0.256. The van der Waals surface area contributed by atoms with E-state index in [2.05, 4.69) is 4.18 Å². The van der Waals surface area contributed by atoms with Crippen molar-refractivity contribution in [1.82, 2.24) is 0 Å². The van der Waals surface area contributed by atoms with Gasteiger partial charge in [0.2, 0.25) is 0 Å². The Morgan fingerprint density at radius 3 is 2.45 bits per heavy atom. The number of aliphatic hydroxyl groups is 1. The fourth-order valence-corrected chi connectivity index (χ4v) is 2.20. The molecule has 0 aliphatic heterocycles. The molecule has 1 aromatic carbocycles. The van der Waals surface area contributed by atoms with E-state index < -0.39 is 22.0 Å². The molecule has 0 aliphatic rings. The number of ether oxygens (including phenoxy) is 2. The molecule has 0 radical (unpaired) electrons. The molecule has 0 amide bonds. The third-order valence-corrected chi connectivity index (χ3v) is 3.27. The summed E-state index contributed by atoms with van der Waals surface area (Å²) >= 11 is 0. The first-order valence-corrected chi connectivity index (χ1v) is 8.52. The van der Waals surface area contributed by atoms with Crippen molar-refractivity contribution in [3.63, 3.8) is 0 Å². The van der Waals surface area contributed by atoms with Gasteiger partial charge in [0.25, 0.3) is 10.1 Å². The van der Waals surface area contributed by atoms with Crippen LogP contribution in [0, 0.1) is 5.82 Å². The van der Waals surface area contributed by atoms with E-state index in [1.165, 1.54) is 13.2 Å². The lowest BCUT2D eigenvalue weighted by Crippen LogP contribution is -2.10. The molecule has 0 spiro atoms. The molecule has 0 saturated heterocycles. The first-order chi connectivity index (χ1) is 10.1. The highest BCUT2D eigenvalue weighted by atomic mass is 32.2. The molecule has 1 rings (SSSR count).